The highest BCUT2D eigenvalue weighted by atomic mass is 127. The van der Waals surface area contributed by atoms with Crippen molar-refractivity contribution in [3.8, 4) is 0 Å². The molecule has 1 heterocycles. The molecule has 9 heteroatoms. The molecule has 0 aromatic heterocycles. The number of rotatable bonds is 11. The number of likely N-dealkylation sites (N-methyl/N-ethyl adjacent to an activating group) is 1. The lowest BCUT2D eigenvalue weighted by Gasteiger charge is -2.27. The summed E-state index contributed by atoms with van der Waals surface area (Å²) in [6.07, 6.45) is 1.65. The Kier molecular flexibility index (Phi) is 13.0. The van der Waals surface area contributed by atoms with Gasteiger partial charge in [-0.2, -0.15) is 0 Å². The molecule has 0 aliphatic carbocycles. The van der Waals surface area contributed by atoms with Crippen molar-refractivity contribution in [2.75, 3.05) is 60.1 Å². The number of aliphatic hydroxyl groups is 1. The number of ether oxygens (including phenoxy) is 1. The van der Waals surface area contributed by atoms with Crippen molar-refractivity contribution in [2.45, 2.75) is 26.3 Å². The highest BCUT2D eigenvalue weighted by molar-refractivity contribution is 14.0. The molecule has 176 valence electrons. The molecule has 2 rings (SSSR count). The number of carbonyl (C=O) groups is 1. The minimum atomic E-state index is -0.0695. The van der Waals surface area contributed by atoms with Crippen LogP contribution in [0.15, 0.2) is 29.3 Å². The van der Waals surface area contributed by atoms with E-state index in [9.17, 15) is 9.90 Å². The first-order valence-electron chi connectivity index (χ1n) is 10.7. The maximum absolute atomic E-state index is 12.3. The SMILES string of the molecule is CCNC(=NCc1cccc(C(=O)NCCN(C)C)c1)NCC1(CCO)CCOC1.I. The van der Waals surface area contributed by atoms with Gasteiger partial charge in [-0.15, -0.1) is 24.0 Å². The molecule has 0 spiro atoms. The molecule has 8 nitrogen and oxygen atoms in total. The molecule has 1 aromatic rings. The topological polar surface area (TPSA) is 98.2 Å². The van der Waals surface area contributed by atoms with E-state index in [1.165, 1.54) is 0 Å². The molecule has 1 unspecified atom stereocenters. The van der Waals surface area contributed by atoms with Gasteiger partial charge in [0.25, 0.3) is 5.91 Å². The number of halogens is 1. The highest BCUT2D eigenvalue weighted by Gasteiger charge is 2.34. The maximum atomic E-state index is 12.3. The smallest absolute Gasteiger partial charge is 0.251 e. The van der Waals surface area contributed by atoms with Crippen LogP contribution in [0.2, 0.25) is 0 Å². The first kappa shape index (κ1) is 27.6. The van der Waals surface area contributed by atoms with Crippen LogP contribution in [-0.2, 0) is 11.3 Å². The summed E-state index contributed by atoms with van der Waals surface area (Å²) in [4.78, 5) is 19.0. The summed E-state index contributed by atoms with van der Waals surface area (Å²) < 4.78 is 5.56. The van der Waals surface area contributed by atoms with Gasteiger partial charge in [0.05, 0.1) is 13.2 Å². The molecule has 1 aliphatic rings. The Morgan fingerprint density at radius 2 is 2.10 bits per heavy atom. The zero-order chi connectivity index (χ0) is 21.8. The summed E-state index contributed by atoms with van der Waals surface area (Å²) in [6.45, 7) is 6.91. The van der Waals surface area contributed by atoms with Crippen molar-refractivity contribution in [3.63, 3.8) is 0 Å². The lowest BCUT2D eigenvalue weighted by atomic mass is 9.84. The first-order valence-corrected chi connectivity index (χ1v) is 10.7. The number of nitrogens with zero attached hydrogens (tertiary/aromatic N) is 2. The molecule has 1 saturated heterocycles. The fourth-order valence-corrected chi connectivity index (χ4v) is 3.40. The Bertz CT molecular complexity index is 693. The number of guanidine groups is 1. The summed E-state index contributed by atoms with van der Waals surface area (Å²) in [5.74, 6) is 0.655. The maximum Gasteiger partial charge on any atom is 0.251 e. The van der Waals surface area contributed by atoms with Gasteiger partial charge in [-0.25, -0.2) is 4.99 Å². The number of nitrogens with one attached hydrogen (secondary N) is 3. The summed E-state index contributed by atoms with van der Waals surface area (Å²) in [6, 6.07) is 7.57. The van der Waals surface area contributed by atoms with Gasteiger partial charge in [-0.05, 0) is 51.6 Å². The van der Waals surface area contributed by atoms with Gasteiger partial charge < -0.3 is 30.7 Å². The van der Waals surface area contributed by atoms with Crippen LogP contribution in [0.5, 0.6) is 0 Å². The van der Waals surface area contributed by atoms with Crippen LogP contribution in [0.4, 0.5) is 0 Å². The molecular weight excluding hydrogens is 509 g/mol. The first-order chi connectivity index (χ1) is 14.5. The predicted molar refractivity (Wildman–Crippen MR) is 135 cm³/mol. The molecule has 4 N–H and O–H groups in total. The molecule has 0 saturated carbocycles. The lowest BCUT2D eigenvalue weighted by molar-refractivity contribution is 0.0951. The third kappa shape index (κ3) is 9.71. The van der Waals surface area contributed by atoms with Crippen LogP contribution in [0.25, 0.3) is 0 Å². The van der Waals surface area contributed by atoms with Crippen LogP contribution in [-0.4, -0.2) is 82.0 Å². The van der Waals surface area contributed by atoms with Crippen molar-refractivity contribution < 1.29 is 14.6 Å². The van der Waals surface area contributed by atoms with E-state index >= 15 is 0 Å². The Hall–Kier alpha value is -1.43. The minimum absolute atomic E-state index is 0. The molecule has 1 aromatic carbocycles. The second kappa shape index (κ2) is 14.6. The second-order valence-corrected chi connectivity index (χ2v) is 8.08. The Labute approximate surface area is 203 Å². The van der Waals surface area contributed by atoms with Gasteiger partial charge in [-0.3, -0.25) is 4.79 Å². The van der Waals surface area contributed by atoms with E-state index in [0.717, 1.165) is 37.6 Å². The normalized spacial score (nSPS) is 18.5. The molecule has 1 aliphatic heterocycles. The highest BCUT2D eigenvalue weighted by Crippen LogP contribution is 2.31. The second-order valence-electron chi connectivity index (χ2n) is 8.08. The van der Waals surface area contributed by atoms with E-state index in [0.29, 0.717) is 38.2 Å². The van der Waals surface area contributed by atoms with Crippen molar-refractivity contribution in [1.82, 2.24) is 20.9 Å². The number of aliphatic imine (C=N–C) groups is 1. The Balaban J connectivity index is 0.00000480. The Morgan fingerprint density at radius 3 is 2.74 bits per heavy atom. The van der Waals surface area contributed by atoms with E-state index in [4.69, 9.17) is 4.74 Å². The van der Waals surface area contributed by atoms with E-state index in [2.05, 4.69) is 20.9 Å². The van der Waals surface area contributed by atoms with Crippen molar-refractivity contribution in [1.29, 1.82) is 0 Å². The fraction of sp³-hybridized carbons (Fsp3) is 0.636. The molecule has 0 radical (unpaired) electrons. The van der Waals surface area contributed by atoms with E-state index in [1.807, 2.05) is 50.2 Å². The van der Waals surface area contributed by atoms with E-state index in [-0.39, 0.29) is 41.9 Å². The minimum Gasteiger partial charge on any atom is -0.396 e. The van der Waals surface area contributed by atoms with Crippen LogP contribution >= 0.6 is 24.0 Å². The predicted octanol–water partition coefficient (Wildman–Crippen LogP) is 1.44. The molecule has 0 bridgehead atoms. The standard InChI is InChI=1S/C22H37N5O3.HI/c1-4-23-21(26-16-22(8-12-28)9-13-30-17-22)25-15-18-6-5-7-19(14-18)20(29)24-10-11-27(2)3;/h5-7,14,28H,4,8-13,15-17H2,1-3H3,(H,24,29)(H2,23,25,26);1H. The van der Waals surface area contributed by atoms with Gasteiger partial charge in [0.2, 0.25) is 0 Å². The average molecular weight is 547 g/mol. The van der Waals surface area contributed by atoms with Gasteiger partial charge >= 0.3 is 0 Å². The molecule has 1 amide bonds. The van der Waals surface area contributed by atoms with Gasteiger partial charge in [0, 0.05) is 50.4 Å². The average Bonchev–Trinajstić information content (AvgIpc) is 3.19. The molecule has 1 atom stereocenters. The fourth-order valence-electron chi connectivity index (χ4n) is 3.40. The molecule has 1 fully saturated rings. The van der Waals surface area contributed by atoms with E-state index in [1.54, 1.807) is 0 Å². The van der Waals surface area contributed by atoms with E-state index < -0.39 is 0 Å². The summed E-state index contributed by atoms with van der Waals surface area (Å²) >= 11 is 0. The van der Waals surface area contributed by atoms with Crippen molar-refractivity contribution >= 4 is 35.8 Å². The Morgan fingerprint density at radius 1 is 1.29 bits per heavy atom. The van der Waals surface area contributed by atoms with Crippen molar-refractivity contribution in [2.24, 2.45) is 10.4 Å². The van der Waals surface area contributed by atoms with Crippen molar-refractivity contribution in [3.05, 3.63) is 35.4 Å². The quantitative estimate of drug-likeness (QED) is 0.190. The summed E-state index contributed by atoms with van der Waals surface area (Å²) in [5.41, 5.74) is 1.57. The number of carbonyl (C=O) groups excluding carboxylic acids is 1. The number of benzene rings is 1. The van der Waals surface area contributed by atoms with Crippen LogP contribution in [0.1, 0.15) is 35.7 Å². The molecular formula is C22H38IN5O3. The number of aliphatic hydroxyl groups excluding tert-OH is 1. The van der Waals surface area contributed by atoms with Crippen LogP contribution in [0, 0.1) is 5.41 Å². The largest absolute Gasteiger partial charge is 0.396 e. The number of hydrogen-bond acceptors (Lipinski definition) is 5. The summed E-state index contributed by atoms with van der Waals surface area (Å²) in [7, 11) is 3.96. The zero-order valence-electron chi connectivity index (χ0n) is 18.9. The number of hydrogen-bond donors (Lipinski definition) is 4. The molecule has 31 heavy (non-hydrogen) atoms. The zero-order valence-corrected chi connectivity index (χ0v) is 21.3. The van der Waals surface area contributed by atoms with Crippen LogP contribution < -0.4 is 16.0 Å². The number of amides is 1. The monoisotopic (exact) mass is 547 g/mol. The summed E-state index contributed by atoms with van der Waals surface area (Å²) in [5, 5.41) is 19.0. The van der Waals surface area contributed by atoms with Gasteiger partial charge in [-0.1, -0.05) is 12.1 Å². The van der Waals surface area contributed by atoms with Gasteiger partial charge in [0.1, 0.15) is 0 Å². The third-order valence-electron chi connectivity index (χ3n) is 5.26. The van der Waals surface area contributed by atoms with Gasteiger partial charge in [0.15, 0.2) is 5.96 Å². The lowest BCUT2D eigenvalue weighted by Crippen LogP contribution is -2.44. The third-order valence-corrected chi connectivity index (χ3v) is 5.26. The van der Waals surface area contributed by atoms with Crippen LogP contribution in [0.3, 0.4) is 0 Å².